The first-order valence-electron chi connectivity index (χ1n) is 8.74. The van der Waals surface area contributed by atoms with Gasteiger partial charge in [-0.25, -0.2) is 9.78 Å². The molecule has 27 heavy (non-hydrogen) atoms. The van der Waals surface area contributed by atoms with Crippen LogP contribution in [-0.2, 0) is 38.3 Å². The summed E-state index contributed by atoms with van der Waals surface area (Å²) in [5, 5.41) is 4.57. The van der Waals surface area contributed by atoms with Crippen LogP contribution in [0.1, 0.15) is 40.5 Å². The van der Waals surface area contributed by atoms with E-state index in [1.807, 2.05) is 12.1 Å². The average molecular weight is 388 g/mol. The summed E-state index contributed by atoms with van der Waals surface area (Å²) in [6.45, 7) is 1.64. The summed E-state index contributed by atoms with van der Waals surface area (Å²) in [5.74, 6) is -1.38. The zero-order valence-corrected chi connectivity index (χ0v) is 15.8. The van der Waals surface area contributed by atoms with E-state index in [2.05, 4.69) is 10.3 Å². The van der Waals surface area contributed by atoms with Crippen LogP contribution in [0.4, 0.5) is 5.13 Å². The van der Waals surface area contributed by atoms with Crippen LogP contribution in [0, 0.1) is 0 Å². The fraction of sp³-hybridized carbons (Fsp3) is 0.368. The minimum absolute atomic E-state index is 0.0491. The lowest BCUT2D eigenvalue weighted by Crippen LogP contribution is -2.21. The van der Waals surface area contributed by atoms with E-state index in [1.54, 1.807) is 18.4 Å². The van der Waals surface area contributed by atoms with Gasteiger partial charge >= 0.3 is 11.9 Å². The van der Waals surface area contributed by atoms with E-state index >= 15 is 0 Å². The monoisotopic (exact) mass is 388 g/mol. The Morgan fingerprint density at radius 3 is 2.81 bits per heavy atom. The Labute approximate surface area is 160 Å². The maximum Gasteiger partial charge on any atom is 0.338 e. The number of aryl methyl sites for hydroxylation is 2. The number of nitrogens with zero attached hydrogens (tertiary/aromatic N) is 1. The SMILES string of the molecule is CCOC(=O)Cc1csc(NC(=O)COC(=O)c2ccc3c(c2)CCC3)n1. The molecule has 0 unspecified atom stereocenters. The molecule has 1 aliphatic rings. The maximum atomic E-state index is 12.1. The Hall–Kier alpha value is -2.74. The van der Waals surface area contributed by atoms with E-state index in [0.717, 1.165) is 19.3 Å². The summed E-state index contributed by atoms with van der Waals surface area (Å²) in [7, 11) is 0. The zero-order chi connectivity index (χ0) is 19.2. The van der Waals surface area contributed by atoms with Crippen molar-refractivity contribution < 1.29 is 23.9 Å². The summed E-state index contributed by atoms with van der Waals surface area (Å²) >= 11 is 1.19. The Morgan fingerprint density at radius 2 is 2.00 bits per heavy atom. The van der Waals surface area contributed by atoms with Crippen molar-refractivity contribution in [2.45, 2.75) is 32.6 Å². The van der Waals surface area contributed by atoms with Crippen LogP contribution in [0.2, 0.25) is 0 Å². The van der Waals surface area contributed by atoms with Gasteiger partial charge in [-0.15, -0.1) is 11.3 Å². The fourth-order valence-electron chi connectivity index (χ4n) is 2.87. The van der Waals surface area contributed by atoms with E-state index in [9.17, 15) is 14.4 Å². The Morgan fingerprint density at radius 1 is 1.19 bits per heavy atom. The quantitative estimate of drug-likeness (QED) is 0.733. The number of anilines is 1. The van der Waals surface area contributed by atoms with Crippen LogP contribution in [0.25, 0.3) is 0 Å². The molecular weight excluding hydrogens is 368 g/mol. The number of hydrogen-bond donors (Lipinski definition) is 1. The molecule has 1 aromatic heterocycles. The first-order valence-corrected chi connectivity index (χ1v) is 9.62. The summed E-state index contributed by atoms with van der Waals surface area (Å²) in [4.78, 5) is 39.6. The summed E-state index contributed by atoms with van der Waals surface area (Å²) in [5.41, 5.74) is 3.41. The van der Waals surface area contributed by atoms with Gasteiger partial charge in [0.15, 0.2) is 11.7 Å². The molecular formula is C19H20N2O5S. The number of carbonyl (C=O) groups is 3. The minimum Gasteiger partial charge on any atom is -0.466 e. The molecule has 1 heterocycles. The van der Waals surface area contributed by atoms with Gasteiger partial charge in [0.25, 0.3) is 5.91 Å². The van der Waals surface area contributed by atoms with Gasteiger partial charge in [-0.3, -0.25) is 14.9 Å². The van der Waals surface area contributed by atoms with E-state index in [-0.39, 0.29) is 12.4 Å². The molecule has 0 saturated carbocycles. The second-order valence-corrected chi connectivity index (χ2v) is 6.95. The molecule has 7 nitrogen and oxygen atoms in total. The van der Waals surface area contributed by atoms with Gasteiger partial charge in [0.2, 0.25) is 0 Å². The van der Waals surface area contributed by atoms with Crippen LogP contribution >= 0.6 is 11.3 Å². The lowest BCUT2D eigenvalue weighted by Gasteiger charge is -2.06. The highest BCUT2D eigenvalue weighted by Crippen LogP contribution is 2.23. The number of esters is 2. The largest absolute Gasteiger partial charge is 0.466 e. The maximum absolute atomic E-state index is 12.1. The second kappa shape index (κ2) is 8.77. The minimum atomic E-state index is -0.526. The van der Waals surface area contributed by atoms with Crippen molar-refractivity contribution in [3.8, 4) is 0 Å². The number of thiazole rings is 1. The first kappa shape index (κ1) is 19.0. The summed E-state index contributed by atoms with van der Waals surface area (Å²) in [6, 6.07) is 5.51. The van der Waals surface area contributed by atoms with Crippen molar-refractivity contribution in [3.63, 3.8) is 0 Å². The van der Waals surface area contributed by atoms with E-state index < -0.39 is 18.5 Å². The number of rotatable bonds is 7. The number of amides is 1. The number of fused-ring (bicyclic) bond motifs is 1. The van der Waals surface area contributed by atoms with Crippen molar-refractivity contribution >= 4 is 34.3 Å². The summed E-state index contributed by atoms with van der Waals surface area (Å²) in [6.07, 6.45) is 3.16. The van der Waals surface area contributed by atoms with Gasteiger partial charge in [0.05, 0.1) is 24.3 Å². The highest BCUT2D eigenvalue weighted by atomic mass is 32.1. The number of nitrogens with one attached hydrogen (secondary N) is 1. The molecule has 0 spiro atoms. The van der Waals surface area contributed by atoms with Gasteiger partial charge in [-0.2, -0.15) is 0 Å². The lowest BCUT2D eigenvalue weighted by molar-refractivity contribution is -0.142. The molecule has 0 fully saturated rings. The molecule has 3 rings (SSSR count). The van der Waals surface area contributed by atoms with Crippen LogP contribution in [0.3, 0.4) is 0 Å². The molecule has 0 aliphatic heterocycles. The summed E-state index contributed by atoms with van der Waals surface area (Å²) < 4.78 is 9.93. The first-order chi connectivity index (χ1) is 13.0. The predicted molar refractivity (Wildman–Crippen MR) is 99.8 cm³/mol. The normalized spacial score (nSPS) is 12.3. The van der Waals surface area contributed by atoms with Crippen molar-refractivity contribution in [1.82, 2.24) is 4.98 Å². The van der Waals surface area contributed by atoms with Crippen molar-refractivity contribution in [2.75, 3.05) is 18.5 Å². The van der Waals surface area contributed by atoms with E-state index in [0.29, 0.717) is 23.0 Å². The number of hydrogen-bond acceptors (Lipinski definition) is 7. The van der Waals surface area contributed by atoms with Crippen molar-refractivity contribution in [1.29, 1.82) is 0 Å². The molecule has 1 amide bonds. The van der Waals surface area contributed by atoms with Crippen LogP contribution in [0.15, 0.2) is 23.6 Å². The van der Waals surface area contributed by atoms with Gasteiger partial charge in [-0.1, -0.05) is 6.07 Å². The molecule has 1 aliphatic carbocycles. The van der Waals surface area contributed by atoms with E-state index in [1.165, 1.54) is 22.5 Å². The topological polar surface area (TPSA) is 94.6 Å². The highest BCUT2D eigenvalue weighted by Gasteiger charge is 2.16. The lowest BCUT2D eigenvalue weighted by atomic mass is 10.1. The van der Waals surface area contributed by atoms with Crippen LogP contribution < -0.4 is 5.32 Å². The number of carbonyl (C=O) groups excluding carboxylic acids is 3. The van der Waals surface area contributed by atoms with Gasteiger partial charge in [-0.05, 0) is 49.4 Å². The standard InChI is InChI=1S/C19H20N2O5S/c1-2-25-17(23)9-15-11-27-19(20-15)21-16(22)10-26-18(24)14-7-6-12-4-3-5-13(12)8-14/h6-8,11H,2-5,9-10H2,1H3,(H,20,21,22). The molecule has 0 saturated heterocycles. The van der Waals surface area contributed by atoms with E-state index in [4.69, 9.17) is 9.47 Å². The average Bonchev–Trinajstić information content (AvgIpc) is 3.28. The second-order valence-electron chi connectivity index (χ2n) is 6.09. The number of ether oxygens (including phenoxy) is 2. The van der Waals surface area contributed by atoms with Gasteiger partial charge in [0.1, 0.15) is 0 Å². The predicted octanol–water partition coefficient (Wildman–Crippen LogP) is 2.53. The smallest absolute Gasteiger partial charge is 0.338 e. The molecule has 8 heteroatoms. The zero-order valence-electron chi connectivity index (χ0n) is 14.9. The molecule has 2 aromatic rings. The Balaban J connectivity index is 1.47. The van der Waals surface area contributed by atoms with Crippen molar-refractivity contribution in [3.05, 3.63) is 46.0 Å². The molecule has 142 valence electrons. The molecule has 0 atom stereocenters. The molecule has 0 bridgehead atoms. The van der Waals surface area contributed by atoms with Crippen LogP contribution in [-0.4, -0.2) is 36.0 Å². The molecule has 0 radical (unpaired) electrons. The Kier molecular flexibility index (Phi) is 6.18. The van der Waals surface area contributed by atoms with Gasteiger partial charge in [0, 0.05) is 5.38 Å². The number of benzene rings is 1. The molecule has 1 N–H and O–H groups in total. The highest BCUT2D eigenvalue weighted by molar-refractivity contribution is 7.13. The Bertz CT molecular complexity index is 862. The number of aromatic nitrogens is 1. The third-order valence-corrected chi connectivity index (χ3v) is 4.90. The molecule has 1 aromatic carbocycles. The van der Waals surface area contributed by atoms with Crippen molar-refractivity contribution in [2.24, 2.45) is 0 Å². The van der Waals surface area contributed by atoms with Crippen LogP contribution in [0.5, 0.6) is 0 Å². The third kappa shape index (κ3) is 5.13. The van der Waals surface area contributed by atoms with Gasteiger partial charge < -0.3 is 9.47 Å². The third-order valence-electron chi connectivity index (χ3n) is 4.10. The fourth-order valence-corrected chi connectivity index (χ4v) is 3.60.